The van der Waals surface area contributed by atoms with Crippen molar-refractivity contribution >= 4 is 23.7 Å². The molecule has 0 saturated carbocycles. The Balaban J connectivity index is 1.24. The monoisotopic (exact) mass is 387 g/mol. The molecule has 3 heterocycles. The maximum atomic E-state index is 12.8. The summed E-state index contributed by atoms with van der Waals surface area (Å²) in [4.78, 5) is 28.8. The maximum absolute atomic E-state index is 12.8. The van der Waals surface area contributed by atoms with Gasteiger partial charge in [0, 0.05) is 18.8 Å². The summed E-state index contributed by atoms with van der Waals surface area (Å²) >= 11 is 1.75. The molecular weight excluding hydrogens is 358 g/mol. The number of urea groups is 1. The lowest BCUT2D eigenvalue weighted by Gasteiger charge is -2.33. The summed E-state index contributed by atoms with van der Waals surface area (Å²) in [6.07, 6.45) is 5.42. The Bertz CT molecular complexity index is 692. The van der Waals surface area contributed by atoms with Gasteiger partial charge in [-0.25, -0.2) is 9.69 Å². The average Bonchev–Trinajstić information content (AvgIpc) is 3.23. The largest absolute Gasteiger partial charge is 0.326 e. The average molecular weight is 388 g/mol. The van der Waals surface area contributed by atoms with Crippen LogP contribution in [0.4, 0.5) is 4.79 Å². The Morgan fingerprint density at radius 3 is 2.59 bits per heavy atom. The fourth-order valence-electron chi connectivity index (χ4n) is 4.38. The molecule has 1 atom stereocenters. The zero-order valence-electron chi connectivity index (χ0n) is 16.1. The van der Waals surface area contributed by atoms with E-state index in [0.717, 1.165) is 56.2 Å². The second-order valence-electron chi connectivity index (χ2n) is 8.28. The molecule has 3 amide bonds. The van der Waals surface area contributed by atoms with Gasteiger partial charge in [-0.2, -0.15) is 11.8 Å². The Morgan fingerprint density at radius 2 is 1.93 bits per heavy atom. The number of hydrogen-bond acceptors (Lipinski definition) is 4. The summed E-state index contributed by atoms with van der Waals surface area (Å²) in [5.41, 5.74) is 2.11. The van der Waals surface area contributed by atoms with E-state index in [1.54, 1.807) is 11.8 Å². The van der Waals surface area contributed by atoms with Crippen molar-refractivity contribution in [3.63, 3.8) is 0 Å². The van der Waals surface area contributed by atoms with E-state index in [-0.39, 0.29) is 11.9 Å². The zero-order chi connectivity index (χ0) is 18.9. The highest BCUT2D eigenvalue weighted by Crippen LogP contribution is 2.33. The highest BCUT2D eigenvalue weighted by atomic mass is 32.2. The molecule has 3 saturated heterocycles. The number of aryl methyl sites for hydroxylation is 2. The molecule has 1 aromatic rings. The third-order valence-electron chi connectivity index (χ3n) is 6.28. The Kier molecular flexibility index (Phi) is 5.46. The molecule has 0 bridgehead atoms. The molecule has 3 aliphatic heterocycles. The lowest BCUT2D eigenvalue weighted by Crippen LogP contribution is -2.48. The van der Waals surface area contributed by atoms with E-state index in [0.29, 0.717) is 6.67 Å². The quantitative estimate of drug-likeness (QED) is 0.789. The molecular formula is C21H29N3O2S. The van der Waals surface area contributed by atoms with Crippen LogP contribution < -0.4 is 5.32 Å². The standard InChI is InChI=1S/C21H29N3O2S/c1-16-2-4-17(5-3-16)6-7-18-8-11-23(12-9-18)15-24-19(25)21(22-20(24)26)10-13-27-14-21/h2-5,18H,6-15H2,1H3,(H,22,26). The van der Waals surface area contributed by atoms with Crippen LogP contribution in [0.2, 0.25) is 0 Å². The first-order valence-corrected chi connectivity index (χ1v) is 11.2. The van der Waals surface area contributed by atoms with E-state index in [2.05, 4.69) is 41.4 Å². The third kappa shape index (κ3) is 4.02. The zero-order valence-corrected chi connectivity index (χ0v) is 16.9. The molecule has 5 nitrogen and oxygen atoms in total. The van der Waals surface area contributed by atoms with Crippen LogP contribution >= 0.6 is 11.8 Å². The van der Waals surface area contributed by atoms with Crippen LogP contribution in [0.15, 0.2) is 24.3 Å². The minimum atomic E-state index is -0.617. The van der Waals surface area contributed by atoms with Crippen LogP contribution in [0.3, 0.4) is 0 Å². The summed E-state index contributed by atoms with van der Waals surface area (Å²) in [5.74, 6) is 2.39. The number of carbonyl (C=O) groups is 2. The van der Waals surface area contributed by atoms with Gasteiger partial charge in [0.1, 0.15) is 5.54 Å². The molecule has 27 heavy (non-hydrogen) atoms. The summed E-state index contributed by atoms with van der Waals surface area (Å²) in [6.45, 7) is 4.51. The molecule has 1 N–H and O–H groups in total. The number of nitrogens with one attached hydrogen (secondary N) is 1. The number of hydrogen-bond donors (Lipinski definition) is 1. The van der Waals surface area contributed by atoms with Crippen LogP contribution in [0.25, 0.3) is 0 Å². The van der Waals surface area contributed by atoms with Crippen LogP contribution in [0.5, 0.6) is 0 Å². The van der Waals surface area contributed by atoms with Crippen molar-refractivity contribution in [2.45, 2.75) is 44.6 Å². The lowest BCUT2D eigenvalue weighted by atomic mass is 9.90. The van der Waals surface area contributed by atoms with E-state index >= 15 is 0 Å². The van der Waals surface area contributed by atoms with Crippen molar-refractivity contribution in [3.05, 3.63) is 35.4 Å². The Hall–Kier alpha value is -1.53. The SMILES string of the molecule is Cc1ccc(CCC2CCN(CN3C(=O)NC4(CCSC4)C3=O)CC2)cc1. The number of carbonyl (C=O) groups excluding carboxylic acids is 2. The number of thioether (sulfide) groups is 1. The van der Waals surface area contributed by atoms with Crippen molar-refractivity contribution in [1.29, 1.82) is 0 Å². The van der Waals surface area contributed by atoms with E-state index in [1.165, 1.54) is 22.4 Å². The van der Waals surface area contributed by atoms with Gasteiger partial charge in [0.2, 0.25) is 0 Å². The topological polar surface area (TPSA) is 52.6 Å². The Morgan fingerprint density at radius 1 is 1.19 bits per heavy atom. The van der Waals surface area contributed by atoms with Crippen molar-refractivity contribution < 1.29 is 9.59 Å². The van der Waals surface area contributed by atoms with E-state index in [9.17, 15) is 9.59 Å². The van der Waals surface area contributed by atoms with Crippen molar-refractivity contribution in [3.8, 4) is 0 Å². The molecule has 146 valence electrons. The van der Waals surface area contributed by atoms with Gasteiger partial charge < -0.3 is 5.32 Å². The van der Waals surface area contributed by atoms with Crippen LogP contribution in [0, 0.1) is 12.8 Å². The van der Waals surface area contributed by atoms with Crippen molar-refractivity contribution in [1.82, 2.24) is 15.1 Å². The second-order valence-corrected chi connectivity index (χ2v) is 9.38. The van der Waals surface area contributed by atoms with Gasteiger partial charge in [-0.1, -0.05) is 29.8 Å². The predicted molar refractivity (Wildman–Crippen MR) is 109 cm³/mol. The van der Waals surface area contributed by atoms with E-state index in [1.807, 2.05) is 0 Å². The summed E-state index contributed by atoms with van der Waals surface area (Å²) in [7, 11) is 0. The van der Waals surface area contributed by atoms with Gasteiger partial charge in [0.15, 0.2) is 0 Å². The van der Waals surface area contributed by atoms with Crippen LogP contribution in [-0.4, -0.2) is 58.5 Å². The first-order valence-electron chi connectivity index (χ1n) is 10.1. The summed E-state index contributed by atoms with van der Waals surface area (Å²) in [6, 6.07) is 8.64. The maximum Gasteiger partial charge on any atom is 0.326 e. The normalized spacial score (nSPS) is 26.9. The lowest BCUT2D eigenvalue weighted by molar-refractivity contribution is -0.132. The van der Waals surface area contributed by atoms with Crippen LogP contribution in [-0.2, 0) is 11.2 Å². The number of likely N-dealkylation sites (tertiary alicyclic amines) is 1. The molecule has 3 aliphatic rings. The van der Waals surface area contributed by atoms with Gasteiger partial charge in [-0.05, 0) is 56.3 Å². The second kappa shape index (κ2) is 7.84. The molecule has 0 aliphatic carbocycles. The minimum Gasteiger partial charge on any atom is -0.322 e. The number of rotatable bonds is 5. The van der Waals surface area contributed by atoms with Crippen molar-refractivity contribution in [2.24, 2.45) is 5.92 Å². The van der Waals surface area contributed by atoms with Gasteiger partial charge >= 0.3 is 6.03 Å². The summed E-state index contributed by atoms with van der Waals surface area (Å²) < 4.78 is 0. The van der Waals surface area contributed by atoms with E-state index < -0.39 is 5.54 Å². The highest BCUT2D eigenvalue weighted by molar-refractivity contribution is 7.99. The van der Waals surface area contributed by atoms with Gasteiger partial charge in [0.05, 0.1) is 6.67 Å². The molecule has 1 unspecified atom stereocenters. The van der Waals surface area contributed by atoms with Gasteiger partial charge in [-0.3, -0.25) is 9.69 Å². The van der Waals surface area contributed by atoms with Gasteiger partial charge in [0.25, 0.3) is 5.91 Å². The number of amides is 3. The number of imide groups is 1. The molecule has 0 aromatic heterocycles. The fraction of sp³-hybridized carbons (Fsp3) is 0.619. The van der Waals surface area contributed by atoms with Crippen LogP contribution in [0.1, 0.15) is 36.8 Å². The minimum absolute atomic E-state index is 0.0148. The summed E-state index contributed by atoms with van der Waals surface area (Å²) in [5, 5.41) is 2.96. The molecule has 0 radical (unpaired) electrons. The third-order valence-corrected chi connectivity index (χ3v) is 7.47. The first-order chi connectivity index (χ1) is 13.1. The fourth-order valence-corrected chi connectivity index (χ4v) is 5.70. The molecule has 3 fully saturated rings. The first kappa shape index (κ1) is 18.8. The van der Waals surface area contributed by atoms with Gasteiger partial charge in [-0.15, -0.1) is 0 Å². The number of piperidine rings is 1. The van der Waals surface area contributed by atoms with E-state index in [4.69, 9.17) is 0 Å². The highest BCUT2D eigenvalue weighted by Gasteiger charge is 2.53. The molecule has 6 heteroatoms. The molecule has 4 rings (SSSR count). The smallest absolute Gasteiger partial charge is 0.322 e. The molecule has 1 spiro atoms. The molecule has 1 aromatic carbocycles. The van der Waals surface area contributed by atoms with Crippen molar-refractivity contribution in [2.75, 3.05) is 31.3 Å². The number of nitrogens with zero attached hydrogens (tertiary/aromatic N) is 2. The Labute approximate surface area is 165 Å². The predicted octanol–water partition coefficient (Wildman–Crippen LogP) is 3.02. The number of benzene rings is 1.